The third-order valence-electron chi connectivity index (χ3n) is 6.45. The molecule has 1 unspecified atom stereocenters. The standard InChI is InChI=1S/C26H27IN8/c1-15-10-7-8-13-19(15)35-22(28)20-16(2)11-9-12-18(20)30-23(35)17(3)34(6)25-21-24(33(5)14-29-21)31-26(27-4)32-25/h7-14,17,28H,4H2,1-3,5-6H3. The maximum Gasteiger partial charge on any atom is 0.188 e. The zero-order chi connectivity index (χ0) is 24.9. The van der Waals surface area contributed by atoms with Crippen molar-refractivity contribution in [1.29, 1.82) is 5.41 Å². The van der Waals surface area contributed by atoms with E-state index >= 15 is 0 Å². The molecule has 9 heteroatoms. The van der Waals surface area contributed by atoms with Gasteiger partial charge in [-0.3, -0.25) is 9.98 Å². The minimum Gasteiger partial charge on any atom is -0.348 e. The molecule has 0 aliphatic rings. The third-order valence-corrected chi connectivity index (χ3v) is 7.62. The van der Waals surface area contributed by atoms with Gasteiger partial charge in [-0.1, -0.05) is 55.6 Å². The molecule has 3 aromatic heterocycles. The van der Waals surface area contributed by atoms with Gasteiger partial charge >= 0.3 is 0 Å². The Labute approximate surface area is 213 Å². The van der Waals surface area contributed by atoms with Gasteiger partial charge in [0.05, 0.1) is 23.6 Å². The zero-order valence-electron chi connectivity index (χ0n) is 20.4. The van der Waals surface area contributed by atoms with Gasteiger partial charge < -0.3 is 9.47 Å². The zero-order valence-corrected chi connectivity index (χ0v) is 22.6. The van der Waals surface area contributed by atoms with Crippen LogP contribution in [0.5, 0.6) is 0 Å². The minimum absolute atomic E-state index is 0.209. The highest BCUT2D eigenvalue weighted by atomic mass is 127. The van der Waals surface area contributed by atoms with Crippen LogP contribution >= 0.6 is 20.7 Å². The molecule has 5 rings (SSSR count). The van der Waals surface area contributed by atoms with E-state index in [9.17, 15) is 5.41 Å². The molecule has 0 saturated heterocycles. The molecule has 3 heterocycles. The van der Waals surface area contributed by atoms with Crippen LogP contribution in [-0.2, 0) is 7.05 Å². The van der Waals surface area contributed by atoms with Gasteiger partial charge in [-0.2, -0.15) is 0 Å². The van der Waals surface area contributed by atoms with E-state index in [1.165, 1.54) is 0 Å². The van der Waals surface area contributed by atoms with Crippen LogP contribution in [0.15, 0.2) is 48.8 Å². The summed E-state index contributed by atoms with van der Waals surface area (Å²) in [6.07, 6.45) is 1.76. The highest BCUT2D eigenvalue weighted by Gasteiger charge is 2.25. The number of benzene rings is 2. The molecule has 0 fully saturated rings. The first-order valence-electron chi connectivity index (χ1n) is 11.2. The van der Waals surface area contributed by atoms with Gasteiger partial charge in [0.1, 0.15) is 11.3 Å². The second-order valence-corrected chi connectivity index (χ2v) is 10.4. The SMILES string of the molecule is C=Ic1nc(N(C)C(C)c2nc3cccc(C)c3c(=N)n2-c2ccccc2C)c2ncn(C)c2n1. The highest BCUT2D eigenvalue weighted by molar-refractivity contribution is 14.2. The molecular formula is C26H27IN8. The van der Waals surface area contributed by atoms with Crippen molar-refractivity contribution in [3.63, 3.8) is 0 Å². The number of fused-ring (bicyclic) bond motifs is 2. The van der Waals surface area contributed by atoms with E-state index < -0.39 is 20.7 Å². The molecular weight excluding hydrogens is 551 g/mol. The predicted molar refractivity (Wildman–Crippen MR) is 149 cm³/mol. The molecule has 8 nitrogen and oxygen atoms in total. The van der Waals surface area contributed by atoms with Crippen LogP contribution in [-0.4, -0.2) is 40.6 Å². The fourth-order valence-corrected chi connectivity index (χ4v) is 5.22. The summed E-state index contributed by atoms with van der Waals surface area (Å²) in [6.45, 7) is 6.18. The number of nitrogens with zero attached hydrogens (tertiary/aromatic N) is 7. The quantitative estimate of drug-likeness (QED) is 0.244. The number of aromatic nitrogens is 6. The summed E-state index contributed by atoms with van der Waals surface area (Å²) in [5.74, 6) is 1.51. The summed E-state index contributed by atoms with van der Waals surface area (Å²) < 4.78 is 8.74. The van der Waals surface area contributed by atoms with Crippen molar-refractivity contribution < 1.29 is 0 Å². The average Bonchev–Trinajstić information content (AvgIpc) is 3.23. The van der Waals surface area contributed by atoms with Gasteiger partial charge in [0.15, 0.2) is 20.8 Å². The van der Waals surface area contributed by atoms with E-state index in [0.29, 0.717) is 5.49 Å². The fourth-order valence-electron chi connectivity index (χ4n) is 4.42. The first-order chi connectivity index (χ1) is 16.8. The van der Waals surface area contributed by atoms with E-state index in [2.05, 4.69) is 39.3 Å². The number of aryl methyl sites for hydroxylation is 3. The number of nitrogens with one attached hydrogen (secondary N) is 1. The third kappa shape index (κ3) is 3.83. The Kier molecular flexibility index (Phi) is 5.96. The molecule has 1 N–H and O–H groups in total. The van der Waals surface area contributed by atoms with Gasteiger partial charge in [-0.25, -0.2) is 19.9 Å². The van der Waals surface area contributed by atoms with Crippen LogP contribution in [0.1, 0.15) is 29.9 Å². The number of hydrogen-bond donors (Lipinski definition) is 1. The summed E-state index contributed by atoms with van der Waals surface area (Å²) >= 11 is -0.548. The van der Waals surface area contributed by atoms with Crippen molar-refractivity contribution in [3.8, 4) is 5.69 Å². The Balaban J connectivity index is 1.78. The molecule has 0 radical (unpaired) electrons. The molecule has 0 amide bonds. The van der Waals surface area contributed by atoms with E-state index in [0.717, 1.165) is 54.4 Å². The predicted octanol–water partition coefficient (Wildman–Crippen LogP) is 4.57. The normalized spacial score (nSPS) is 12.4. The Bertz CT molecular complexity index is 1670. The van der Waals surface area contributed by atoms with Crippen LogP contribution in [0.2, 0.25) is 0 Å². The molecule has 0 bridgehead atoms. The van der Waals surface area contributed by atoms with Crippen LogP contribution in [0, 0.1) is 23.1 Å². The monoisotopic (exact) mass is 578 g/mol. The maximum absolute atomic E-state index is 9.25. The summed E-state index contributed by atoms with van der Waals surface area (Å²) in [5.41, 5.74) is 5.83. The number of imidazole rings is 1. The van der Waals surface area contributed by atoms with Gasteiger partial charge in [0.2, 0.25) is 0 Å². The Morgan fingerprint density at radius 3 is 2.51 bits per heavy atom. The number of halogens is 1. The van der Waals surface area contributed by atoms with E-state index in [-0.39, 0.29) is 6.04 Å². The molecule has 35 heavy (non-hydrogen) atoms. The van der Waals surface area contributed by atoms with Gasteiger partial charge in [-0.15, -0.1) is 0 Å². The molecule has 5 aromatic rings. The van der Waals surface area contributed by atoms with Crippen molar-refractivity contribution in [2.45, 2.75) is 26.8 Å². The smallest absolute Gasteiger partial charge is 0.188 e. The molecule has 2 aromatic carbocycles. The topological polar surface area (TPSA) is 88.5 Å². The van der Waals surface area contributed by atoms with Crippen LogP contribution in [0.25, 0.3) is 27.8 Å². The summed E-state index contributed by atoms with van der Waals surface area (Å²) in [7, 11) is 3.94. The molecule has 0 aliphatic carbocycles. The lowest BCUT2D eigenvalue weighted by atomic mass is 10.1. The number of rotatable bonds is 5. The molecule has 0 aliphatic heterocycles. The highest BCUT2D eigenvalue weighted by Crippen LogP contribution is 2.30. The molecule has 0 saturated carbocycles. The van der Waals surface area contributed by atoms with E-state index in [4.69, 9.17) is 9.97 Å². The lowest BCUT2D eigenvalue weighted by molar-refractivity contribution is 0.642. The minimum atomic E-state index is -0.548. The second-order valence-electron chi connectivity index (χ2n) is 8.67. The average molecular weight is 578 g/mol. The Hall–Kier alpha value is -3.47. The van der Waals surface area contributed by atoms with Gasteiger partial charge in [0.25, 0.3) is 0 Å². The summed E-state index contributed by atoms with van der Waals surface area (Å²) in [5, 5.41) is 10.1. The van der Waals surface area contributed by atoms with E-state index in [1.54, 1.807) is 6.33 Å². The number of para-hydroxylation sites is 1. The van der Waals surface area contributed by atoms with Crippen molar-refractivity contribution in [2.75, 3.05) is 11.9 Å². The van der Waals surface area contributed by atoms with Crippen molar-refractivity contribution >= 4 is 53.1 Å². The molecule has 0 spiro atoms. The van der Waals surface area contributed by atoms with Crippen molar-refractivity contribution in [3.05, 3.63) is 75.1 Å². The second kappa shape index (κ2) is 8.95. The van der Waals surface area contributed by atoms with Crippen molar-refractivity contribution in [1.82, 2.24) is 29.1 Å². The van der Waals surface area contributed by atoms with Crippen LogP contribution in [0.4, 0.5) is 5.82 Å². The van der Waals surface area contributed by atoms with Crippen LogP contribution in [0.3, 0.4) is 0 Å². The lowest BCUT2D eigenvalue weighted by Gasteiger charge is -2.29. The van der Waals surface area contributed by atoms with Crippen LogP contribution < -0.4 is 10.4 Å². The Morgan fingerprint density at radius 2 is 1.77 bits per heavy atom. The number of anilines is 1. The summed E-state index contributed by atoms with van der Waals surface area (Å²) in [4.78, 5) is 21.3. The van der Waals surface area contributed by atoms with E-state index in [1.807, 2.05) is 66.6 Å². The Morgan fingerprint density at radius 1 is 1.03 bits per heavy atom. The fraction of sp³-hybridized carbons (Fsp3) is 0.231. The first kappa shape index (κ1) is 23.3. The van der Waals surface area contributed by atoms with Gasteiger partial charge in [0, 0.05) is 19.5 Å². The largest absolute Gasteiger partial charge is 0.348 e. The number of hydrogen-bond acceptors (Lipinski definition) is 6. The summed E-state index contributed by atoms with van der Waals surface area (Å²) in [6, 6.07) is 13.9. The molecule has 178 valence electrons. The van der Waals surface area contributed by atoms with Gasteiger partial charge in [-0.05, 0) is 44.0 Å². The molecule has 1 atom stereocenters. The maximum atomic E-state index is 9.25. The lowest BCUT2D eigenvalue weighted by Crippen LogP contribution is -2.32. The first-order valence-corrected chi connectivity index (χ1v) is 13.9. The van der Waals surface area contributed by atoms with Crippen molar-refractivity contribution in [2.24, 2.45) is 7.05 Å².